The largest absolute Gasteiger partial charge is 0.383 e. The molecule has 8 heteroatoms. The first kappa shape index (κ1) is 15.6. The van der Waals surface area contributed by atoms with Crippen LogP contribution in [0.25, 0.3) is 0 Å². The zero-order chi connectivity index (χ0) is 15.9. The van der Waals surface area contributed by atoms with Crippen molar-refractivity contribution in [3.8, 4) is 6.07 Å². The molecule has 2 aromatic rings. The van der Waals surface area contributed by atoms with Gasteiger partial charge in [0.1, 0.15) is 18.1 Å². The lowest BCUT2D eigenvalue weighted by molar-refractivity contribution is 0.0937. The summed E-state index contributed by atoms with van der Waals surface area (Å²) in [6.45, 7) is 2.96. The molecule has 0 fully saturated rings. The Morgan fingerprint density at radius 3 is 3.00 bits per heavy atom. The maximum atomic E-state index is 12.2. The minimum Gasteiger partial charge on any atom is -0.383 e. The Hall–Kier alpha value is -2.79. The van der Waals surface area contributed by atoms with Crippen LogP contribution in [0.1, 0.15) is 34.8 Å². The summed E-state index contributed by atoms with van der Waals surface area (Å²) in [5.74, 6) is 0.359. The van der Waals surface area contributed by atoms with E-state index in [1.54, 1.807) is 19.5 Å². The number of hydrogen-bond donors (Lipinski definition) is 1. The molecule has 2 heterocycles. The van der Waals surface area contributed by atoms with Crippen LogP contribution in [-0.4, -0.2) is 39.4 Å². The molecule has 2 aromatic heterocycles. The number of pyridine rings is 1. The molecule has 1 N–H and O–H groups in total. The van der Waals surface area contributed by atoms with Gasteiger partial charge in [0.15, 0.2) is 5.82 Å². The van der Waals surface area contributed by atoms with E-state index >= 15 is 0 Å². The van der Waals surface area contributed by atoms with Crippen molar-refractivity contribution >= 4 is 5.91 Å². The van der Waals surface area contributed by atoms with Crippen LogP contribution in [0.2, 0.25) is 0 Å². The zero-order valence-corrected chi connectivity index (χ0v) is 12.4. The third-order valence-electron chi connectivity index (χ3n) is 3.06. The van der Waals surface area contributed by atoms with E-state index in [1.807, 2.05) is 17.6 Å². The maximum absolute atomic E-state index is 12.2. The lowest BCUT2D eigenvalue weighted by atomic mass is 10.2. The summed E-state index contributed by atoms with van der Waals surface area (Å²) in [6.07, 6.45) is 2.97. The van der Waals surface area contributed by atoms with E-state index in [4.69, 9.17) is 10.00 Å². The minimum absolute atomic E-state index is 0.268. The summed E-state index contributed by atoms with van der Waals surface area (Å²) in [5, 5.41) is 19.4. The number of nitrogens with one attached hydrogen (secondary N) is 1. The molecule has 22 heavy (non-hydrogen) atoms. The number of carbonyl (C=O) groups is 1. The van der Waals surface area contributed by atoms with E-state index < -0.39 is 0 Å². The van der Waals surface area contributed by atoms with Crippen molar-refractivity contribution in [2.45, 2.75) is 19.5 Å². The summed E-state index contributed by atoms with van der Waals surface area (Å²) in [7, 11) is 1.62. The fraction of sp³-hybridized carbons (Fsp3) is 0.357. The smallest absolute Gasteiger partial charge is 0.253 e. The third kappa shape index (κ3) is 3.65. The molecule has 2 rings (SSSR count). The van der Waals surface area contributed by atoms with Crippen LogP contribution in [-0.2, 0) is 11.3 Å². The zero-order valence-electron chi connectivity index (χ0n) is 12.4. The lowest BCUT2D eigenvalue weighted by Crippen LogP contribution is -2.29. The average Bonchev–Trinajstić information content (AvgIpc) is 3.01. The highest BCUT2D eigenvalue weighted by molar-refractivity contribution is 5.94. The summed E-state index contributed by atoms with van der Waals surface area (Å²) in [4.78, 5) is 16.0. The van der Waals surface area contributed by atoms with E-state index in [-0.39, 0.29) is 17.6 Å². The summed E-state index contributed by atoms with van der Waals surface area (Å²) < 4.78 is 6.85. The first-order valence-corrected chi connectivity index (χ1v) is 6.69. The number of rotatable bonds is 6. The molecule has 0 aliphatic carbocycles. The Morgan fingerprint density at radius 1 is 1.55 bits per heavy atom. The van der Waals surface area contributed by atoms with E-state index in [1.165, 1.54) is 12.3 Å². The maximum Gasteiger partial charge on any atom is 0.253 e. The molecule has 0 aromatic carbocycles. The number of ether oxygens (including phenoxy) is 1. The Balaban J connectivity index is 2.04. The van der Waals surface area contributed by atoms with Gasteiger partial charge in [0.05, 0.1) is 18.2 Å². The number of aromatic nitrogens is 4. The standard InChI is InChI=1S/C14H16N6O2/c1-10(13-19-17-9-20(13)5-6-22-2)18-14(21)11-3-4-12(7-15)16-8-11/h3-4,8-10H,5-6H2,1-2H3,(H,18,21). The fourth-order valence-electron chi connectivity index (χ4n) is 1.90. The molecular weight excluding hydrogens is 284 g/mol. The van der Waals surface area contributed by atoms with Crippen LogP contribution in [0.3, 0.4) is 0 Å². The van der Waals surface area contributed by atoms with Crippen molar-refractivity contribution in [3.05, 3.63) is 41.7 Å². The number of carbonyl (C=O) groups excluding carboxylic acids is 1. The second-order valence-electron chi connectivity index (χ2n) is 4.61. The molecule has 1 atom stereocenters. The van der Waals surface area contributed by atoms with E-state index in [2.05, 4.69) is 20.5 Å². The highest BCUT2D eigenvalue weighted by Gasteiger charge is 2.16. The molecule has 0 spiro atoms. The topological polar surface area (TPSA) is 106 Å². The highest BCUT2D eigenvalue weighted by Crippen LogP contribution is 2.10. The van der Waals surface area contributed by atoms with Gasteiger partial charge in [-0.1, -0.05) is 0 Å². The van der Waals surface area contributed by atoms with Crippen LogP contribution in [0.5, 0.6) is 0 Å². The molecule has 0 saturated heterocycles. The van der Waals surface area contributed by atoms with Crippen LogP contribution >= 0.6 is 0 Å². The first-order chi connectivity index (χ1) is 10.7. The summed E-state index contributed by atoms with van der Waals surface area (Å²) >= 11 is 0. The van der Waals surface area contributed by atoms with Gasteiger partial charge < -0.3 is 14.6 Å². The molecule has 0 radical (unpaired) electrons. The predicted octanol–water partition coefficient (Wildman–Crippen LogP) is 0.682. The number of nitriles is 1. The van der Waals surface area contributed by atoms with Gasteiger partial charge in [0.25, 0.3) is 5.91 Å². The number of nitrogens with zero attached hydrogens (tertiary/aromatic N) is 5. The SMILES string of the molecule is COCCn1cnnc1C(C)NC(=O)c1ccc(C#N)nc1. The summed E-state index contributed by atoms with van der Waals surface area (Å²) in [6, 6.07) is 4.65. The first-order valence-electron chi connectivity index (χ1n) is 6.69. The molecule has 114 valence electrons. The second kappa shape index (κ2) is 7.28. The molecule has 0 aliphatic heterocycles. The van der Waals surface area contributed by atoms with Crippen LogP contribution in [0.15, 0.2) is 24.7 Å². The fourth-order valence-corrected chi connectivity index (χ4v) is 1.90. The molecule has 0 aliphatic rings. The quantitative estimate of drug-likeness (QED) is 0.841. The van der Waals surface area contributed by atoms with Gasteiger partial charge in [0, 0.05) is 19.9 Å². The highest BCUT2D eigenvalue weighted by atomic mass is 16.5. The molecule has 1 unspecified atom stereocenters. The van der Waals surface area contributed by atoms with Crippen LogP contribution in [0.4, 0.5) is 0 Å². The molecule has 1 amide bonds. The van der Waals surface area contributed by atoms with Crippen molar-refractivity contribution in [1.82, 2.24) is 25.1 Å². The Bertz CT molecular complexity index is 673. The molecular formula is C14H16N6O2. The van der Waals surface area contributed by atoms with Gasteiger partial charge in [-0.25, -0.2) is 4.98 Å². The van der Waals surface area contributed by atoms with Gasteiger partial charge in [-0.15, -0.1) is 10.2 Å². The third-order valence-corrected chi connectivity index (χ3v) is 3.06. The Labute approximate surface area is 127 Å². The number of hydrogen-bond acceptors (Lipinski definition) is 6. The molecule has 8 nitrogen and oxygen atoms in total. The minimum atomic E-state index is -0.317. The lowest BCUT2D eigenvalue weighted by Gasteiger charge is -2.14. The van der Waals surface area contributed by atoms with Crippen LogP contribution in [0, 0.1) is 11.3 Å². The van der Waals surface area contributed by atoms with E-state index in [0.717, 1.165) is 0 Å². The Morgan fingerprint density at radius 2 is 2.36 bits per heavy atom. The monoisotopic (exact) mass is 300 g/mol. The van der Waals surface area contributed by atoms with Crippen molar-refractivity contribution in [3.63, 3.8) is 0 Å². The number of methoxy groups -OCH3 is 1. The van der Waals surface area contributed by atoms with Gasteiger partial charge in [-0.2, -0.15) is 5.26 Å². The van der Waals surface area contributed by atoms with Crippen molar-refractivity contribution in [2.24, 2.45) is 0 Å². The van der Waals surface area contributed by atoms with E-state index in [0.29, 0.717) is 24.5 Å². The van der Waals surface area contributed by atoms with Gasteiger partial charge >= 0.3 is 0 Å². The van der Waals surface area contributed by atoms with Crippen molar-refractivity contribution in [1.29, 1.82) is 5.26 Å². The molecule has 0 bridgehead atoms. The van der Waals surface area contributed by atoms with E-state index in [9.17, 15) is 4.79 Å². The van der Waals surface area contributed by atoms with Crippen molar-refractivity contribution in [2.75, 3.05) is 13.7 Å². The number of amides is 1. The summed E-state index contributed by atoms with van der Waals surface area (Å²) in [5.41, 5.74) is 0.651. The molecule has 0 saturated carbocycles. The second-order valence-corrected chi connectivity index (χ2v) is 4.61. The average molecular weight is 300 g/mol. The van der Waals surface area contributed by atoms with Crippen molar-refractivity contribution < 1.29 is 9.53 Å². The van der Waals surface area contributed by atoms with Gasteiger partial charge in [-0.05, 0) is 19.1 Å². The normalized spacial score (nSPS) is 11.7. The predicted molar refractivity (Wildman–Crippen MR) is 76.7 cm³/mol. The van der Waals surface area contributed by atoms with Gasteiger partial charge in [-0.3, -0.25) is 4.79 Å². The Kier molecular flexibility index (Phi) is 5.16. The van der Waals surface area contributed by atoms with Crippen LogP contribution < -0.4 is 5.32 Å². The van der Waals surface area contributed by atoms with Gasteiger partial charge in [0.2, 0.25) is 0 Å².